The van der Waals surface area contributed by atoms with Crippen LogP contribution in [0.3, 0.4) is 0 Å². The minimum atomic E-state index is -0.535. The molecule has 1 unspecified atom stereocenters. The molecule has 1 atom stereocenters. The van der Waals surface area contributed by atoms with E-state index >= 15 is 0 Å². The number of carbonyl (C=O) groups is 1. The summed E-state index contributed by atoms with van der Waals surface area (Å²) < 4.78 is 22.9. The average molecular weight is 384 g/mol. The van der Waals surface area contributed by atoms with Gasteiger partial charge in [-0.1, -0.05) is 0 Å². The van der Waals surface area contributed by atoms with Crippen molar-refractivity contribution >= 4 is 6.03 Å². The Morgan fingerprint density at radius 3 is 2.50 bits per heavy atom. The highest BCUT2D eigenvalue weighted by molar-refractivity contribution is 5.75. The fraction of sp³-hybridized carbons (Fsp3) is 0.316. The lowest BCUT2D eigenvalue weighted by Gasteiger charge is -2.27. The van der Waals surface area contributed by atoms with Crippen molar-refractivity contribution in [2.75, 3.05) is 6.61 Å². The zero-order valence-electron chi connectivity index (χ0n) is 15.6. The van der Waals surface area contributed by atoms with Gasteiger partial charge in [0.15, 0.2) is 0 Å². The molecule has 4 rings (SSSR count). The van der Waals surface area contributed by atoms with Crippen molar-refractivity contribution in [1.82, 2.24) is 29.7 Å². The lowest BCUT2D eigenvalue weighted by Crippen LogP contribution is -2.42. The molecule has 0 saturated carbocycles. The van der Waals surface area contributed by atoms with Crippen molar-refractivity contribution in [3.8, 4) is 5.75 Å². The summed E-state index contributed by atoms with van der Waals surface area (Å²) in [6.07, 6.45) is 7.51. The number of nitrogens with one attached hydrogen (secondary N) is 2. The molecule has 1 aromatic carbocycles. The van der Waals surface area contributed by atoms with Gasteiger partial charge in [-0.3, -0.25) is 0 Å². The maximum Gasteiger partial charge on any atom is 0.316 e. The van der Waals surface area contributed by atoms with Gasteiger partial charge in [-0.05, 0) is 18.2 Å². The molecule has 9 heteroatoms. The zero-order valence-corrected chi connectivity index (χ0v) is 15.6. The van der Waals surface area contributed by atoms with Gasteiger partial charge in [-0.15, -0.1) is 0 Å². The van der Waals surface area contributed by atoms with E-state index in [-0.39, 0.29) is 11.9 Å². The molecule has 0 bridgehead atoms. The van der Waals surface area contributed by atoms with Gasteiger partial charge in [0.05, 0.1) is 12.6 Å². The van der Waals surface area contributed by atoms with Crippen molar-refractivity contribution in [1.29, 1.82) is 0 Å². The number of rotatable bonds is 4. The molecule has 2 amide bonds. The largest absolute Gasteiger partial charge is 0.493 e. The molecule has 146 valence electrons. The van der Waals surface area contributed by atoms with Crippen molar-refractivity contribution in [3.63, 3.8) is 0 Å². The molecule has 0 aliphatic carbocycles. The number of urea groups is 1. The second kappa shape index (κ2) is 7.34. The Kier molecular flexibility index (Phi) is 4.72. The third-order valence-electron chi connectivity index (χ3n) is 4.83. The Labute approximate surface area is 161 Å². The number of ether oxygens (including phenoxy) is 1. The number of nitrogens with zero attached hydrogens (tertiary/aromatic N) is 4. The minimum absolute atomic E-state index is 0.345. The monoisotopic (exact) mass is 384 g/mol. The van der Waals surface area contributed by atoms with Gasteiger partial charge in [0.2, 0.25) is 0 Å². The maximum atomic E-state index is 13.7. The lowest BCUT2D eigenvalue weighted by molar-refractivity contribution is 0.220. The van der Waals surface area contributed by atoms with E-state index in [0.717, 1.165) is 0 Å². The van der Waals surface area contributed by atoms with E-state index < -0.39 is 12.1 Å². The summed E-state index contributed by atoms with van der Waals surface area (Å²) in [6.45, 7) is 0.450. The van der Waals surface area contributed by atoms with Gasteiger partial charge in [0.1, 0.15) is 29.3 Å². The van der Waals surface area contributed by atoms with Gasteiger partial charge >= 0.3 is 6.03 Å². The summed E-state index contributed by atoms with van der Waals surface area (Å²) in [6, 6.07) is 3.06. The van der Waals surface area contributed by atoms with Crippen molar-refractivity contribution in [2.45, 2.75) is 18.5 Å². The number of fused-ring (bicyclic) bond motifs is 1. The standard InChI is InChI=1S/C19H21FN6O2/c1-25-8-6-21-17(25)16(18-22-7-9-26(18)2)24-19(27)23-14-5-10-28-15-4-3-12(20)11-13(14)15/h3-4,6-9,11,14,16H,5,10H2,1-2H3,(H2,23,24,27). The predicted octanol–water partition coefficient (Wildman–Crippen LogP) is 2.21. The third kappa shape index (κ3) is 3.42. The number of carbonyl (C=O) groups excluding carboxylic acids is 1. The molecule has 2 N–H and O–H groups in total. The second-order valence-corrected chi connectivity index (χ2v) is 6.72. The molecule has 28 heavy (non-hydrogen) atoms. The smallest absolute Gasteiger partial charge is 0.316 e. The average Bonchev–Trinajstić information content (AvgIpc) is 3.28. The van der Waals surface area contributed by atoms with Crippen LogP contribution in [0.2, 0.25) is 0 Å². The Balaban J connectivity index is 1.56. The molecule has 1 aliphatic rings. The molecular weight excluding hydrogens is 363 g/mol. The summed E-state index contributed by atoms with van der Waals surface area (Å²) in [7, 11) is 3.71. The fourth-order valence-electron chi connectivity index (χ4n) is 3.40. The van der Waals surface area contributed by atoms with Crippen LogP contribution in [0.25, 0.3) is 0 Å². The summed E-state index contributed by atoms with van der Waals surface area (Å²) in [5.74, 6) is 1.53. The van der Waals surface area contributed by atoms with Gasteiger partial charge < -0.3 is 24.5 Å². The lowest BCUT2D eigenvalue weighted by atomic mass is 10.0. The van der Waals surface area contributed by atoms with Gasteiger partial charge in [-0.2, -0.15) is 0 Å². The fourth-order valence-corrected chi connectivity index (χ4v) is 3.40. The first-order chi connectivity index (χ1) is 13.5. The molecular formula is C19H21FN6O2. The van der Waals surface area contributed by atoms with Crippen LogP contribution in [-0.4, -0.2) is 31.7 Å². The highest BCUT2D eigenvalue weighted by atomic mass is 19.1. The van der Waals surface area contributed by atoms with E-state index in [9.17, 15) is 9.18 Å². The Morgan fingerprint density at radius 2 is 1.89 bits per heavy atom. The van der Waals surface area contributed by atoms with Crippen LogP contribution in [-0.2, 0) is 14.1 Å². The minimum Gasteiger partial charge on any atom is -0.493 e. The predicted molar refractivity (Wildman–Crippen MR) is 99.2 cm³/mol. The molecule has 8 nitrogen and oxygen atoms in total. The number of benzene rings is 1. The van der Waals surface area contributed by atoms with Crippen molar-refractivity contribution in [2.24, 2.45) is 14.1 Å². The molecule has 0 fully saturated rings. The highest BCUT2D eigenvalue weighted by Gasteiger charge is 2.28. The first kappa shape index (κ1) is 18.0. The van der Waals surface area contributed by atoms with Gasteiger partial charge in [-0.25, -0.2) is 19.2 Å². The molecule has 1 aliphatic heterocycles. The summed E-state index contributed by atoms with van der Waals surface area (Å²) in [5.41, 5.74) is 0.631. The first-order valence-corrected chi connectivity index (χ1v) is 8.96. The van der Waals surface area contributed by atoms with Gasteiger partial charge in [0, 0.05) is 50.9 Å². The summed E-state index contributed by atoms with van der Waals surface area (Å²) in [4.78, 5) is 21.5. The number of imidazole rings is 2. The van der Waals surface area contributed by atoms with Gasteiger partial charge in [0.25, 0.3) is 0 Å². The Hall–Kier alpha value is -3.36. The Bertz CT molecular complexity index is 958. The van der Waals surface area contributed by atoms with E-state index in [0.29, 0.717) is 36.0 Å². The maximum absolute atomic E-state index is 13.7. The van der Waals surface area contributed by atoms with Crippen LogP contribution in [0.5, 0.6) is 5.75 Å². The Morgan fingerprint density at radius 1 is 1.21 bits per heavy atom. The second-order valence-electron chi connectivity index (χ2n) is 6.72. The number of aromatic nitrogens is 4. The van der Waals surface area contributed by atoms with Crippen LogP contribution in [0, 0.1) is 5.82 Å². The van der Waals surface area contributed by atoms with Crippen LogP contribution in [0.1, 0.15) is 35.7 Å². The van der Waals surface area contributed by atoms with E-state index in [1.54, 1.807) is 18.5 Å². The highest BCUT2D eigenvalue weighted by Crippen LogP contribution is 2.32. The quantitative estimate of drug-likeness (QED) is 0.722. The summed E-state index contributed by atoms with van der Waals surface area (Å²) in [5, 5.41) is 5.87. The number of hydrogen-bond acceptors (Lipinski definition) is 4. The third-order valence-corrected chi connectivity index (χ3v) is 4.83. The van der Waals surface area contributed by atoms with Crippen molar-refractivity contribution in [3.05, 3.63) is 66.0 Å². The molecule has 0 saturated heterocycles. The van der Waals surface area contributed by atoms with E-state index in [2.05, 4.69) is 20.6 Å². The SMILES string of the molecule is Cn1ccnc1C(NC(=O)NC1CCOc2ccc(F)cc21)c1nccn1C. The van der Waals surface area contributed by atoms with Crippen LogP contribution in [0.4, 0.5) is 9.18 Å². The molecule has 0 spiro atoms. The first-order valence-electron chi connectivity index (χ1n) is 8.96. The normalized spacial score (nSPS) is 15.8. The topological polar surface area (TPSA) is 86.0 Å². The van der Waals surface area contributed by atoms with Crippen molar-refractivity contribution < 1.29 is 13.9 Å². The molecule has 3 aromatic rings. The number of aryl methyl sites for hydroxylation is 2. The van der Waals surface area contributed by atoms with E-state index in [1.165, 1.54) is 12.1 Å². The zero-order chi connectivity index (χ0) is 19.7. The van der Waals surface area contributed by atoms with E-state index in [4.69, 9.17) is 4.74 Å². The molecule has 2 aromatic heterocycles. The van der Waals surface area contributed by atoms with Crippen LogP contribution >= 0.6 is 0 Å². The van der Waals surface area contributed by atoms with Crippen LogP contribution < -0.4 is 15.4 Å². The van der Waals surface area contributed by atoms with E-state index in [1.807, 2.05) is 35.6 Å². The number of hydrogen-bond donors (Lipinski definition) is 2. The van der Waals surface area contributed by atoms with Crippen LogP contribution in [0.15, 0.2) is 43.0 Å². The number of amides is 2. The molecule has 0 radical (unpaired) electrons. The summed E-state index contributed by atoms with van der Waals surface area (Å²) >= 11 is 0. The number of halogens is 1. The molecule has 3 heterocycles.